The molecule has 0 aliphatic carbocycles. The van der Waals surface area contributed by atoms with Crippen molar-refractivity contribution in [3.8, 4) is 0 Å². The maximum absolute atomic E-state index is 11.2. The lowest BCUT2D eigenvalue weighted by Crippen LogP contribution is -2.53. The molecule has 1 aliphatic heterocycles. The van der Waals surface area contributed by atoms with Crippen LogP contribution in [0.15, 0.2) is 0 Å². The number of carbonyl (C=O) groups is 3. The van der Waals surface area contributed by atoms with Crippen LogP contribution in [-0.2, 0) is 33.3 Å². The summed E-state index contributed by atoms with van der Waals surface area (Å²) in [6.45, 7) is 7.68. The molecule has 0 aromatic heterocycles. The second-order valence-electron chi connectivity index (χ2n) is 5.25. The van der Waals surface area contributed by atoms with Crippen molar-refractivity contribution < 1.29 is 33.3 Å². The molecule has 0 saturated carbocycles. The van der Waals surface area contributed by atoms with Gasteiger partial charge in [0.15, 0.2) is 6.10 Å². The van der Waals surface area contributed by atoms with Gasteiger partial charge in [0.05, 0.1) is 6.10 Å². The predicted octanol–water partition coefficient (Wildman–Crippen LogP) is 1.04. The monoisotopic (exact) mass is 302 g/mol. The van der Waals surface area contributed by atoms with E-state index >= 15 is 0 Å². The smallest absolute Gasteiger partial charge is 0.305 e. The van der Waals surface area contributed by atoms with Crippen LogP contribution >= 0.6 is 0 Å². The Hall–Kier alpha value is -1.63. The molecule has 21 heavy (non-hydrogen) atoms. The van der Waals surface area contributed by atoms with Crippen LogP contribution in [0.1, 0.15) is 34.6 Å². The van der Waals surface area contributed by atoms with Crippen molar-refractivity contribution in [3.05, 3.63) is 0 Å². The summed E-state index contributed by atoms with van der Waals surface area (Å²) in [5.74, 6) is -1.58. The molecule has 120 valence electrons. The van der Waals surface area contributed by atoms with E-state index in [2.05, 4.69) is 0 Å². The SMILES string of the molecule is CC(=O)OC[C@H]1OC(OC(C)=O)[C@@H](OC(C)=O)[C@@H](C)[C@@H]1C. The van der Waals surface area contributed by atoms with E-state index in [1.165, 1.54) is 20.8 Å². The third-order valence-electron chi connectivity index (χ3n) is 3.55. The van der Waals surface area contributed by atoms with Crippen LogP contribution < -0.4 is 0 Å². The maximum Gasteiger partial charge on any atom is 0.305 e. The largest absolute Gasteiger partial charge is 0.463 e. The highest BCUT2D eigenvalue weighted by Crippen LogP contribution is 2.33. The molecule has 1 fully saturated rings. The van der Waals surface area contributed by atoms with Crippen molar-refractivity contribution in [1.29, 1.82) is 0 Å². The molecule has 0 N–H and O–H groups in total. The van der Waals surface area contributed by atoms with Crippen molar-refractivity contribution in [2.75, 3.05) is 6.61 Å². The highest BCUT2D eigenvalue weighted by Gasteiger charge is 2.45. The Kier molecular flexibility index (Phi) is 6.14. The van der Waals surface area contributed by atoms with Gasteiger partial charge in [-0.05, 0) is 5.92 Å². The Morgan fingerprint density at radius 2 is 1.48 bits per heavy atom. The van der Waals surface area contributed by atoms with E-state index in [-0.39, 0.29) is 18.4 Å². The molecule has 1 unspecified atom stereocenters. The predicted molar refractivity (Wildman–Crippen MR) is 70.9 cm³/mol. The summed E-state index contributed by atoms with van der Waals surface area (Å²) >= 11 is 0. The standard InChI is InChI=1S/C14H22O7/c1-7-8(2)13(19-10(4)16)14(20-11(5)17)21-12(7)6-18-9(3)15/h7-8,12-14H,6H2,1-5H3/t7-,8-,12+,13-,14?/m0/s1. The summed E-state index contributed by atoms with van der Waals surface area (Å²) in [5.41, 5.74) is 0. The lowest BCUT2D eigenvalue weighted by atomic mass is 9.83. The number of rotatable bonds is 4. The molecule has 1 saturated heterocycles. The first-order chi connectivity index (χ1) is 9.72. The highest BCUT2D eigenvalue weighted by atomic mass is 16.7. The molecule has 7 heteroatoms. The minimum absolute atomic E-state index is 0.0412. The molecule has 0 aromatic rings. The van der Waals surface area contributed by atoms with E-state index in [4.69, 9.17) is 18.9 Å². The number of esters is 3. The lowest BCUT2D eigenvalue weighted by Gasteiger charge is -2.42. The van der Waals surface area contributed by atoms with Crippen LogP contribution in [0.3, 0.4) is 0 Å². The average Bonchev–Trinajstić information content (AvgIpc) is 2.35. The summed E-state index contributed by atoms with van der Waals surface area (Å²) in [7, 11) is 0. The summed E-state index contributed by atoms with van der Waals surface area (Å²) in [4.78, 5) is 33.3. The molecule has 7 nitrogen and oxygen atoms in total. The van der Waals surface area contributed by atoms with Gasteiger partial charge in [-0.25, -0.2) is 0 Å². The molecule has 1 rings (SSSR count). The van der Waals surface area contributed by atoms with Crippen LogP contribution in [0.2, 0.25) is 0 Å². The quantitative estimate of drug-likeness (QED) is 0.566. The zero-order chi connectivity index (χ0) is 16.2. The van der Waals surface area contributed by atoms with Crippen molar-refractivity contribution >= 4 is 17.9 Å². The van der Waals surface area contributed by atoms with E-state index in [0.717, 1.165) is 0 Å². The molecular weight excluding hydrogens is 280 g/mol. The summed E-state index contributed by atoms with van der Waals surface area (Å²) in [6, 6.07) is 0. The van der Waals surface area contributed by atoms with E-state index in [1.54, 1.807) is 0 Å². The van der Waals surface area contributed by atoms with Gasteiger partial charge in [-0.15, -0.1) is 0 Å². The Morgan fingerprint density at radius 1 is 0.905 bits per heavy atom. The second kappa shape index (κ2) is 7.40. The van der Waals surface area contributed by atoms with Gasteiger partial charge >= 0.3 is 17.9 Å². The summed E-state index contributed by atoms with van der Waals surface area (Å²) < 4.78 is 20.9. The van der Waals surface area contributed by atoms with Gasteiger partial charge in [0, 0.05) is 26.7 Å². The Balaban J connectivity index is 2.84. The molecule has 0 bridgehead atoms. The van der Waals surface area contributed by atoms with Crippen molar-refractivity contribution in [2.45, 2.75) is 53.1 Å². The topological polar surface area (TPSA) is 88.1 Å². The number of carbonyl (C=O) groups excluding carboxylic acids is 3. The maximum atomic E-state index is 11.2. The molecule has 0 spiro atoms. The zero-order valence-electron chi connectivity index (χ0n) is 13.0. The van der Waals surface area contributed by atoms with Gasteiger partial charge in [0.25, 0.3) is 0 Å². The number of hydrogen-bond donors (Lipinski definition) is 0. The summed E-state index contributed by atoms with van der Waals surface area (Å²) in [6.07, 6.45) is -2.12. The van der Waals surface area contributed by atoms with Gasteiger partial charge in [-0.3, -0.25) is 14.4 Å². The molecule has 5 atom stereocenters. The number of hydrogen-bond acceptors (Lipinski definition) is 7. The van der Waals surface area contributed by atoms with Crippen LogP contribution in [0.4, 0.5) is 0 Å². The fraction of sp³-hybridized carbons (Fsp3) is 0.786. The minimum Gasteiger partial charge on any atom is -0.463 e. The van der Waals surface area contributed by atoms with E-state index in [0.29, 0.717) is 0 Å². The molecule has 1 aliphatic rings. The molecule has 1 heterocycles. The van der Waals surface area contributed by atoms with Gasteiger partial charge in [0.2, 0.25) is 6.29 Å². The number of ether oxygens (including phenoxy) is 4. The van der Waals surface area contributed by atoms with Crippen LogP contribution in [0, 0.1) is 11.8 Å². The average molecular weight is 302 g/mol. The normalized spacial score (nSPS) is 32.1. The van der Waals surface area contributed by atoms with Crippen LogP contribution in [0.5, 0.6) is 0 Å². The first kappa shape index (κ1) is 17.4. The minimum atomic E-state index is -1.00. The third kappa shape index (κ3) is 5.00. The van der Waals surface area contributed by atoms with Gasteiger partial charge in [-0.1, -0.05) is 13.8 Å². The first-order valence-corrected chi connectivity index (χ1v) is 6.85. The Morgan fingerprint density at radius 3 is 1.95 bits per heavy atom. The molecule has 0 amide bonds. The molecule has 0 radical (unpaired) electrons. The molecular formula is C14H22O7. The van der Waals surface area contributed by atoms with Crippen molar-refractivity contribution in [3.63, 3.8) is 0 Å². The molecule has 0 aromatic carbocycles. The summed E-state index contributed by atoms with van der Waals surface area (Å²) in [5, 5.41) is 0. The zero-order valence-corrected chi connectivity index (χ0v) is 13.0. The van der Waals surface area contributed by atoms with E-state index in [9.17, 15) is 14.4 Å². The second-order valence-corrected chi connectivity index (χ2v) is 5.25. The van der Waals surface area contributed by atoms with Crippen LogP contribution in [-0.4, -0.2) is 43.0 Å². The fourth-order valence-electron chi connectivity index (χ4n) is 2.26. The van der Waals surface area contributed by atoms with Gasteiger partial charge in [0.1, 0.15) is 6.61 Å². The van der Waals surface area contributed by atoms with Gasteiger partial charge < -0.3 is 18.9 Å². The highest BCUT2D eigenvalue weighted by molar-refractivity contribution is 5.67. The fourth-order valence-corrected chi connectivity index (χ4v) is 2.26. The third-order valence-corrected chi connectivity index (χ3v) is 3.55. The van der Waals surface area contributed by atoms with E-state index in [1.807, 2.05) is 13.8 Å². The van der Waals surface area contributed by atoms with E-state index < -0.39 is 36.4 Å². The first-order valence-electron chi connectivity index (χ1n) is 6.85. The lowest BCUT2D eigenvalue weighted by molar-refractivity contribution is -0.271. The van der Waals surface area contributed by atoms with Crippen LogP contribution in [0.25, 0.3) is 0 Å². The van der Waals surface area contributed by atoms with Gasteiger partial charge in [-0.2, -0.15) is 0 Å². The Labute approximate surface area is 123 Å². The van der Waals surface area contributed by atoms with Crippen molar-refractivity contribution in [2.24, 2.45) is 11.8 Å². The Bertz CT molecular complexity index is 404. The van der Waals surface area contributed by atoms with Crippen molar-refractivity contribution in [1.82, 2.24) is 0 Å².